The summed E-state index contributed by atoms with van der Waals surface area (Å²) in [7, 11) is 0. The molecule has 5 nitrogen and oxygen atoms in total. The van der Waals surface area contributed by atoms with Crippen LogP contribution in [0.5, 0.6) is 0 Å². The molecular formula is C13H12ClNO4. The molecule has 19 heavy (non-hydrogen) atoms. The fourth-order valence-electron chi connectivity index (χ4n) is 1.97. The molecule has 0 spiro atoms. The molecule has 0 saturated carbocycles. The molecule has 1 aliphatic rings. The minimum Gasteiger partial charge on any atom is -0.478 e. The largest absolute Gasteiger partial charge is 0.478 e. The minimum atomic E-state index is -1.08. The number of amides is 1. The molecule has 0 saturated heterocycles. The second-order valence-electron chi connectivity index (χ2n) is 4.03. The summed E-state index contributed by atoms with van der Waals surface area (Å²) >= 11 is 5.90. The second kappa shape index (κ2) is 5.32. The van der Waals surface area contributed by atoms with Crippen LogP contribution in [0.1, 0.15) is 15.9 Å². The lowest BCUT2D eigenvalue weighted by molar-refractivity contribution is 0.0697. The SMILES string of the molecule is C=CCOC(=O)N1CCc2cc(C(=O)O)c(Cl)cc21. The van der Waals surface area contributed by atoms with Gasteiger partial charge in [-0.05, 0) is 24.1 Å². The topological polar surface area (TPSA) is 66.8 Å². The summed E-state index contributed by atoms with van der Waals surface area (Å²) in [5.41, 5.74) is 1.42. The van der Waals surface area contributed by atoms with Gasteiger partial charge in [-0.2, -0.15) is 0 Å². The van der Waals surface area contributed by atoms with Gasteiger partial charge in [0, 0.05) is 6.54 Å². The first-order chi connectivity index (χ1) is 9.04. The van der Waals surface area contributed by atoms with Gasteiger partial charge in [0.2, 0.25) is 0 Å². The third-order valence-corrected chi connectivity index (χ3v) is 3.15. The van der Waals surface area contributed by atoms with Gasteiger partial charge < -0.3 is 9.84 Å². The van der Waals surface area contributed by atoms with Gasteiger partial charge in [-0.1, -0.05) is 24.3 Å². The van der Waals surface area contributed by atoms with E-state index in [0.29, 0.717) is 18.7 Å². The molecule has 0 bridgehead atoms. The molecule has 1 heterocycles. The van der Waals surface area contributed by atoms with E-state index >= 15 is 0 Å². The Morgan fingerprint density at radius 2 is 2.26 bits per heavy atom. The van der Waals surface area contributed by atoms with E-state index in [4.69, 9.17) is 21.4 Å². The number of carbonyl (C=O) groups excluding carboxylic acids is 1. The first kappa shape index (κ1) is 13.4. The van der Waals surface area contributed by atoms with E-state index in [0.717, 1.165) is 5.56 Å². The third kappa shape index (κ3) is 2.56. The molecule has 0 aliphatic carbocycles. The molecule has 0 atom stereocenters. The van der Waals surface area contributed by atoms with Gasteiger partial charge in [-0.25, -0.2) is 9.59 Å². The van der Waals surface area contributed by atoms with Gasteiger partial charge in [0.15, 0.2) is 0 Å². The van der Waals surface area contributed by atoms with E-state index < -0.39 is 12.1 Å². The number of benzene rings is 1. The molecule has 100 valence electrons. The highest BCUT2D eigenvalue weighted by Gasteiger charge is 2.27. The number of carboxylic acids is 1. The highest BCUT2D eigenvalue weighted by molar-refractivity contribution is 6.34. The minimum absolute atomic E-state index is 0.0433. The van der Waals surface area contributed by atoms with Crippen LogP contribution >= 0.6 is 11.6 Å². The first-order valence-corrected chi connectivity index (χ1v) is 6.03. The Morgan fingerprint density at radius 1 is 1.53 bits per heavy atom. The number of aromatic carboxylic acids is 1. The maximum Gasteiger partial charge on any atom is 0.414 e. The summed E-state index contributed by atoms with van der Waals surface area (Å²) in [6.45, 7) is 4.05. The number of halogens is 1. The Bertz CT molecular complexity index is 556. The van der Waals surface area contributed by atoms with Crippen molar-refractivity contribution in [1.82, 2.24) is 0 Å². The van der Waals surface area contributed by atoms with Gasteiger partial charge >= 0.3 is 12.1 Å². The van der Waals surface area contributed by atoms with Crippen LogP contribution in [0.2, 0.25) is 5.02 Å². The third-order valence-electron chi connectivity index (χ3n) is 2.84. The quantitative estimate of drug-likeness (QED) is 0.865. The van der Waals surface area contributed by atoms with Crippen molar-refractivity contribution in [2.45, 2.75) is 6.42 Å². The van der Waals surface area contributed by atoms with Crippen LogP contribution in [0.25, 0.3) is 0 Å². The van der Waals surface area contributed by atoms with E-state index in [9.17, 15) is 9.59 Å². The highest BCUT2D eigenvalue weighted by Crippen LogP contribution is 2.33. The summed E-state index contributed by atoms with van der Waals surface area (Å²) in [6.07, 6.45) is 1.57. The number of ether oxygens (including phenoxy) is 1. The summed E-state index contributed by atoms with van der Waals surface area (Å²) in [6, 6.07) is 2.99. The number of rotatable bonds is 3. The van der Waals surface area contributed by atoms with E-state index in [1.54, 1.807) is 0 Å². The number of fused-ring (bicyclic) bond motifs is 1. The number of anilines is 1. The Kier molecular flexibility index (Phi) is 3.76. The van der Waals surface area contributed by atoms with Crippen LogP contribution in [0.4, 0.5) is 10.5 Å². The van der Waals surface area contributed by atoms with Crippen molar-refractivity contribution in [3.05, 3.63) is 40.9 Å². The monoisotopic (exact) mass is 281 g/mol. The Balaban J connectivity index is 2.30. The molecule has 0 radical (unpaired) electrons. The molecule has 1 aliphatic heterocycles. The molecule has 0 unspecified atom stereocenters. The lowest BCUT2D eigenvalue weighted by Gasteiger charge is -2.17. The first-order valence-electron chi connectivity index (χ1n) is 5.65. The molecule has 1 amide bonds. The zero-order valence-corrected chi connectivity index (χ0v) is 10.8. The average Bonchev–Trinajstić information content (AvgIpc) is 2.77. The molecule has 1 N–H and O–H groups in total. The van der Waals surface area contributed by atoms with Crippen molar-refractivity contribution in [3.63, 3.8) is 0 Å². The molecule has 6 heteroatoms. The molecular weight excluding hydrogens is 270 g/mol. The Hall–Kier alpha value is -2.01. The molecule has 1 aromatic carbocycles. The lowest BCUT2D eigenvalue weighted by atomic mass is 10.1. The van der Waals surface area contributed by atoms with Crippen LogP contribution in [0.15, 0.2) is 24.8 Å². The second-order valence-corrected chi connectivity index (χ2v) is 4.44. The van der Waals surface area contributed by atoms with Crippen LogP contribution in [0, 0.1) is 0 Å². The van der Waals surface area contributed by atoms with Gasteiger partial charge in [-0.3, -0.25) is 4.90 Å². The average molecular weight is 282 g/mol. The van der Waals surface area contributed by atoms with Crippen molar-refractivity contribution < 1.29 is 19.4 Å². The maximum absolute atomic E-state index is 11.8. The summed E-state index contributed by atoms with van der Waals surface area (Å²) in [5, 5.41) is 9.09. The predicted octanol–water partition coefficient (Wildman–Crippen LogP) is 2.72. The van der Waals surface area contributed by atoms with Crippen LogP contribution < -0.4 is 4.90 Å². The van der Waals surface area contributed by atoms with Crippen molar-refractivity contribution in [2.75, 3.05) is 18.1 Å². The lowest BCUT2D eigenvalue weighted by Crippen LogP contribution is -2.29. The summed E-state index contributed by atoms with van der Waals surface area (Å²) < 4.78 is 4.96. The zero-order chi connectivity index (χ0) is 14.0. The smallest absolute Gasteiger partial charge is 0.414 e. The van der Waals surface area contributed by atoms with Gasteiger partial charge in [0.05, 0.1) is 16.3 Å². The van der Waals surface area contributed by atoms with Gasteiger partial charge in [0.1, 0.15) is 6.61 Å². The fraction of sp³-hybridized carbons (Fsp3) is 0.231. The fourth-order valence-corrected chi connectivity index (χ4v) is 2.21. The summed E-state index contributed by atoms with van der Waals surface area (Å²) in [4.78, 5) is 24.2. The normalized spacial score (nSPS) is 13.0. The van der Waals surface area contributed by atoms with E-state index in [1.807, 2.05) is 0 Å². The molecule has 0 fully saturated rings. The molecule has 0 aromatic heterocycles. The van der Waals surface area contributed by atoms with Gasteiger partial charge in [0.25, 0.3) is 0 Å². The number of carboxylic acid groups (broad SMARTS) is 1. The number of hydrogen-bond donors (Lipinski definition) is 1. The maximum atomic E-state index is 11.8. The van der Waals surface area contributed by atoms with Crippen LogP contribution in [0.3, 0.4) is 0 Å². The van der Waals surface area contributed by atoms with Crippen molar-refractivity contribution in [3.8, 4) is 0 Å². The predicted molar refractivity (Wildman–Crippen MR) is 71.0 cm³/mol. The van der Waals surface area contributed by atoms with E-state index in [2.05, 4.69) is 6.58 Å². The highest BCUT2D eigenvalue weighted by atomic mass is 35.5. The van der Waals surface area contributed by atoms with Crippen molar-refractivity contribution in [1.29, 1.82) is 0 Å². The number of hydrogen-bond acceptors (Lipinski definition) is 3. The van der Waals surface area contributed by atoms with E-state index in [1.165, 1.54) is 23.1 Å². The van der Waals surface area contributed by atoms with Crippen molar-refractivity contribution in [2.24, 2.45) is 0 Å². The zero-order valence-electron chi connectivity index (χ0n) is 10.1. The number of carbonyl (C=O) groups is 2. The standard InChI is InChI=1S/C13H12ClNO4/c1-2-5-19-13(18)15-4-3-8-6-9(12(16)17)10(14)7-11(8)15/h2,6-7H,1,3-5H2,(H,16,17). The summed E-state index contributed by atoms with van der Waals surface area (Å²) in [5.74, 6) is -1.08. The van der Waals surface area contributed by atoms with Crippen LogP contribution in [-0.2, 0) is 11.2 Å². The Labute approximate surface area is 115 Å². The Morgan fingerprint density at radius 3 is 2.89 bits per heavy atom. The number of nitrogens with zero attached hydrogens (tertiary/aromatic N) is 1. The van der Waals surface area contributed by atoms with Crippen molar-refractivity contribution >= 4 is 29.4 Å². The van der Waals surface area contributed by atoms with E-state index in [-0.39, 0.29) is 17.2 Å². The van der Waals surface area contributed by atoms with Crippen LogP contribution in [-0.4, -0.2) is 30.3 Å². The molecule has 1 aromatic rings. The molecule has 2 rings (SSSR count). The van der Waals surface area contributed by atoms with Gasteiger partial charge in [-0.15, -0.1) is 0 Å².